The average Bonchev–Trinajstić information content (AvgIpc) is 3.23. The zero-order chi connectivity index (χ0) is 19.6. The van der Waals surface area contributed by atoms with E-state index in [0.29, 0.717) is 33.5 Å². The summed E-state index contributed by atoms with van der Waals surface area (Å²) in [5.41, 5.74) is 1.52. The normalized spacial score (nSPS) is 11.0. The first-order chi connectivity index (χ1) is 12.9. The highest BCUT2D eigenvalue weighted by Gasteiger charge is 2.21. The van der Waals surface area contributed by atoms with Crippen LogP contribution in [0.1, 0.15) is 11.4 Å². The number of nitrogens with zero attached hydrogens (tertiary/aromatic N) is 6. The molecule has 27 heavy (non-hydrogen) atoms. The minimum atomic E-state index is -0.600. The molecule has 0 bridgehead atoms. The van der Waals surface area contributed by atoms with Gasteiger partial charge in [0.2, 0.25) is 0 Å². The number of imidazole rings is 1. The van der Waals surface area contributed by atoms with E-state index >= 15 is 0 Å². The van der Waals surface area contributed by atoms with Crippen LogP contribution in [0.25, 0.3) is 5.69 Å². The summed E-state index contributed by atoms with van der Waals surface area (Å²) in [7, 11) is 1.38. The van der Waals surface area contributed by atoms with E-state index in [1.165, 1.54) is 22.6 Å². The Morgan fingerprint density at radius 3 is 2.78 bits per heavy atom. The van der Waals surface area contributed by atoms with E-state index < -0.39 is 4.92 Å². The Bertz CT molecular complexity index is 987. The maximum absolute atomic E-state index is 10.9. The summed E-state index contributed by atoms with van der Waals surface area (Å²) < 4.78 is 8.08. The van der Waals surface area contributed by atoms with Crippen molar-refractivity contribution in [1.29, 1.82) is 0 Å². The third-order valence-corrected chi connectivity index (χ3v) is 4.36. The van der Waals surface area contributed by atoms with Crippen LogP contribution in [0.4, 0.5) is 5.82 Å². The highest BCUT2D eigenvalue weighted by molar-refractivity contribution is 6.35. The molecule has 0 fully saturated rings. The van der Waals surface area contributed by atoms with Crippen LogP contribution < -0.4 is 4.74 Å². The van der Waals surface area contributed by atoms with Crippen molar-refractivity contribution >= 4 is 29.0 Å². The van der Waals surface area contributed by atoms with Gasteiger partial charge >= 0.3 is 11.8 Å². The van der Waals surface area contributed by atoms with Gasteiger partial charge in [0.15, 0.2) is 0 Å². The molecule has 1 aromatic carbocycles. The maximum Gasteiger partial charge on any atom is 0.413 e. The van der Waals surface area contributed by atoms with Crippen molar-refractivity contribution in [2.24, 2.45) is 0 Å². The van der Waals surface area contributed by atoms with E-state index in [1.54, 1.807) is 18.2 Å². The van der Waals surface area contributed by atoms with Gasteiger partial charge in [0.05, 0.1) is 30.1 Å². The lowest BCUT2D eigenvalue weighted by atomic mass is 10.2. The molecule has 12 heteroatoms. The summed E-state index contributed by atoms with van der Waals surface area (Å²) in [5.74, 6) is -0.318. The van der Waals surface area contributed by atoms with Gasteiger partial charge in [0.1, 0.15) is 11.9 Å². The predicted octanol–water partition coefficient (Wildman–Crippen LogP) is 2.42. The van der Waals surface area contributed by atoms with Gasteiger partial charge in [0.25, 0.3) is 0 Å². The molecule has 3 aromatic rings. The average molecular weight is 413 g/mol. The third kappa shape index (κ3) is 3.87. The minimum Gasteiger partial charge on any atom is -0.449 e. The Labute approximate surface area is 163 Å². The molecule has 0 aliphatic rings. The van der Waals surface area contributed by atoms with Crippen molar-refractivity contribution in [3.05, 3.63) is 55.9 Å². The van der Waals surface area contributed by atoms with Crippen LogP contribution in [-0.4, -0.2) is 41.7 Å². The summed E-state index contributed by atoms with van der Waals surface area (Å²) in [6.07, 6.45) is 1.62. The molecule has 3 rings (SSSR count). The highest BCUT2D eigenvalue weighted by Crippen LogP contribution is 2.26. The summed E-state index contributed by atoms with van der Waals surface area (Å²) in [5, 5.41) is 29.3. The lowest BCUT2D eigenvalue weighted by molar-refractivity contribution is -0.389. The smallest absolute Gasteiger partial charge is 0.413 e. The van der Waals surface area contributed by atoms with Crippen LogP contribution >= 0.6 is 23.2 Å². The number of aliphatic hydroxyl groups is 1. The van der Waals surface area contributed by atoms with Crippen LogP contribution in [0.15, 0.2) is 24.4 Å². The van der Waals surface area contributed by atoms with E-state index in [1.807, 2.05) is 0 Å². The van der Waals surface area contributed by atoms with Crippen molar-refractivity contribution in [3.63, 3.8) is 0 Å². The molecule has 0 atom stereocenters. The van der Waals surface area contributed by atoms with Crippen LogP contribution in [0.3, 0.4) is 0 Å². The lowest BCUT2D eigenvalue weighted by Crippen LogP contribution is -2.09. The quantitative estimate of drug-likeness (QED) is 0.466. The first kappa shape index (κ1) is 19.1. The van der Waals surface area contributed by atoms with Crippen molar-refractivity contribution in [2.45, 2.75) is 19.6 Å². The molecule has 2 heterocycles. The number of hydrogen-bond acceptors (Lipinski definition) is 7. The zero-order valence-electron chi connectivity index (χ0n) is 14.0. The molecule has 0 saturated heterocycles. The molecule has 1 N–H and O–H groups in total. The Morgan fingerprint density at radius 1 is 1.37 bits per heavy atom. The molecular formula is C15H14Cl2N6O4. The molecule has 0 unspecified atom stereocenters. The Balaban J connectivity index is 1.93. The SMILES string of the molecule is COc1nc([N+](=O)[O-])cn1CCc1c(CO)nnn1-c1ccc(Cl)cc1Cl. The second kappa shape index (κ2) is 7.91. The van der Waals surface area contributed by atoms with E-state index in [4.69, 9.17) is 27.9 Å². The molecular weight excluding hydrogens is 399 g/mol. The Kier molecular flexibility index (Phi) is 5.59. The molecule has 0 amide bonds. The molecule has 2 aromatic heterocycles. The van der Waals surface area contributed by atoms with Crippen molar-refractivity contribution < 1.29 is 14.8 Å². The number of aliphatic hydroxyl groups excluding tert-OH is 1. The number of rotatable bonds is 7. The number of halogens is 2. The van der Waals surface area contributed by atoms with Gasteiger partial charge in [-0.15, -0.1) is 5.10 Å². The Morgan fingerprint density at radius 2 is 2.15 bits per heavy atom. The minimum absolute atomic E-state index is 0.107. The number of nitro groups is 1. The fourth-order valence-corrected chi connectivity index (χ4v) is 3.06. The summed E-state index contributed by atoms with van der Waals surface area (Å²) in [6, 6.07) is 5.03. The van der Waals surface area contributed by atoms with Gasteiger partial charge < -0.3 is 20.0 Å². The van der Waals surface area contributed by atoms with Crippen LogP contribution in [-0.2, 0) is 19.6 Å². The summed E-state index contributed by atoms with van der Waals surface area (Å²) in [6.45, 7) is -0.0304. The van der Waals surface area contributed by atoms with Gasteiger partial charge in [-0.25, -0.2) is 4.68 Å². The molecule has 0 spiro atoms. The first-order valence-electron chi connectivity index (χ1n) is 7.70. The molecule has 0 aliphatic carbocycles. The number of aromatic nitrogens is 5. The fraction of sp³-hybridized carbons (Fsp3) is 0.267. The van der Waals surface area contributed by atoms with E-state index in [9.17, 15) is 15.2 Å². The highest BCUT2D eigenvalue weighted by atomic mass is 35.5. The van der Waals surface area contributed by atoms with Crippen molar-refractivity contribution in [1.82, 2.24) is 24.5 Å². The topological polar surface area (TPSA) is 121 Å². The maximum atomic E-state index is 10.9. The monoisotopic (exact) mass is 412 g/mol. The predicted molar refractivity (Wildman–Crippen MR) is 96.4 cm³/mol. The molecule has 142 valence electrons. The second-order valence-corrected chi connectivity index (χ2v) is 6.28. The van der Waals surface area contributed by atoms with Gasteiger partial charge in [-0.05, 0) is 23.1 Å². The fourth-order valence-electron chi connectivity index (χ4n) is 2.58. The van der Waals surface area contributed by atoms with E-state index in [0.717, 1.165) is 0 Å². The molecule has 0 aliphatic heterocycles. The molecule has 0 radical (unpaired) electrons. The number of ether oxygens (including phenoxy) is 1. The van der Waals surface area contributed by atoms with E-state index in [2.05, 4.69) is 15.3 Å². The van der Waals surface area contributed by atoms with Crippen LogP contribution in [0.2, 0.25) is 10.0 Å². The number of methoxy groups -OCH3 is 1. The van der Waals surface area contributed by atoms with Gasteiger partial charge in [-0.3, -0.25) is 4.57 Å². The summed E-state index contributed by atoms with van der Waals surface area (Å²) >= 11 is 12.2. The number of benzene rings is 1. The van der Waals surface area contributed by atoms with Crippen molar-refractivity contribution in [2.75, 3.05) is 7.11 Å². The number of aryl methyl sites for hydroxylation is 1. The lowest BCUT2D eigenvalue weighted by Gasteiger charge is -2.10. The van der Waals surface area contributed by atoms with Crippen LogP contribution in [0, 0.1) is 10.1 Å². The standard InChI is InChI=1S/C15H14Cl2N6O4/c1-27-15-18-14(23(25)26)7-21(15)5-4-13-11(8-24)19-20-22(13)12-3-2-9(16)6-10(12)17/h2-3,6-7,24H,4-5,8H2,1H3. The van der Waals surface area contributed by atoms with Crippen LogP contribution in [0.5, 0.6) is 6.01 Å². The van der Waals surface area contributed by atoms with Gasteiger partial charge in [-0.2, -0.15) is 0 Å². The van der Waals surface area contributed by atoms with Crippen molar-refractivity contribution in [3.8, 4) is 11.7 Å². The van der Waals surface area contributed by atoms with E-state index in [-0.39, 0.29) is 25.0 Å². The third-order valence-electron chi connectivity index (χ3n) is 3.82. The van der Waals surface area contributed by atoms with Gasteiger partial charge in [0, 0.05) is 23.0 Å². The van der Waals surface area contributed by atoms with Gasteiger partial charge in [-0.1, -0.05) is 28.4 Å². The second-order valence-electron chi connectivity index (χ2n) is 5.43. The zero-order valence-corrected chi connectivity index (χ0v) is 15.6. The Hall–Kier alpha value is -2.69. The number of hydrogen-bond donors (Lipinski definition) is 1. The molecule has 10 nitrogen and oxygen atoms in total. The molecule has 0 saturated carbocycles. The first-order valence-corrected chi connectivity index (χ1v) is 8.45. The summed E-state index contributed by atoms with van der Waals surface area (Å²) in [4.78, 5) is 14.1. The largest absolute Gasteiger partial charge is 0.449 e.